The molecule has 0 aliphatic carbocycles. The maximum atomic E-state index is 13.8. The number of halogens is 8. The second-order valence-electron chi connectivity index (χ2n) is 5.78. The number of hydrogen-bond donors (Lipinski definition) is 3. The summed E-state index contributed by atoms with van der Waals surface area (Å²) in [6.07, 6.45) is -12.1. The van der Waals surface area contributed by atoms with E-state index in [0.29, 0.717) is 6.20 Å². The van der Waals surface area contributed by atoms with Gasteiger partial charge in [-0.1, -0.05) is 0 Å². The smallest absolute Gasteiger partial charge is 0.490 e. The number of piperidine rings is 1. The second-order valence-corrected chi connectivity index (χ2v) is 5.78. The van der Waals surface area contributed by atoms with Crippen LogP contribution in [0.2, 0.25) is 0 Å². The molecule has 0 radical (unpaired) electrons. The highest BCUT2D eigenvalue weighted by molar-refractivity contribution is 5.73. The fourth-order valence-electron chi connectivity index (χ4n) is 2.31. The van der Waals surface area contributed by atoms with Gasteiger partial charge >= 0.3 is 18.3 Å². The molecule has 1 aromatic rings. The number of aromatic nitrogens is 1. The quantitative estimate of drug-likeness (QED) is 0.383. The van der Waals surface area contributed by atoms with Crippen molar-refractivity contribution in [1.82, 2.24) is 5.32 Å². The van der Waals surface area contributed by atoms with Crippen molar-refractivity contribution >= 4 is 5.97 Å². The Kier molecular flexibility index (Phi) is 7.17. The number of carboxylic acid groups (broad SMARTS) is 1. The number of nitrogens with zero attached hydrogens (tertiary/aromatic N) is 1. The zero-order chi connectivity index (χ0) is 21.9. The molecule has 1 aromatic heterocycles. The van der Waals surface area contributed by atoms with E-state index in [1.807, 2.05) is 0 Å². The average molecular weight is 426 g/mol. The molecule has 1 saturated heterocycles. The number of aliphatic hydroxyl groups excluding tert-OH is 1. The topological polar surface area (TPSA) is 96.5 Å². The zero-order valence-electron chi connectivity index (χ0n) is 13.7. The van der Waals surface area contributed by atoms with E-state index in [2.05, 4.69) is 5.32 Å². The second kappa shape index (κ2) is 8.43. The van der Waals surface area contributed by atoms with Crippen LogP contribution in [0.4, 0.5) is 35.1 Å². The highest BCUT2D eigenvalue weighted by Gasteiger charge is 2.45. The molecule has 2 heterocycles. The van der Waals surface area contributed by atoms with Gasteiger partial charge in [-0.15, -0.1) is 0 Å². The van der Waals surface area contributed by atoms with Crippen LogP contribution in [0.25, 0.3) is 0 Å². The zero-order valence-corrected chi connectivity index (χ0v) is 13.7. The van der Waals surface area contributed by atoms with Crippen molar-refractivity contribution in [3.8, 4) is 0 Å². The van der Waals surface area contributed by atoms with E-state index in [9.17, 15) is 40.3 Å². The van der Waals surface area contributed by atoms with Crippen LogP contribution in [0, 0.1) is 5.21 Å². The number of rotatable bonds is 2. The summed E-state index contributed by atoms with van der Waals surface area (Å²) in [5.41, 5.74) is -0.987. The summed E-state index contributed by atoms with van der Waals surface area (Å²) in [5, 5.41) is 30.4. The number of carbonyl (C=O) groups is 1. The summed E-state index contributed by atoms with van der Waals surface area (Å²) in [6.45, 7) is -0.0652. The fraction of sp³-hybridized carbons (Fsp3) is 0.571. The number of aliphatic carboxylic acids is 1. The monoisotopic (exact) mass is 426 g/mol. The van der Waals surface area contributed by atoms with Gasteiger partial charge in [-0.2, -0.15) is 31.1 Å². The van der Waals surface area contributed by atoms with E-state index >= 15 is 0 Å². The lowest BCUT2D eigenvalue weighted by molar-refractivity contribution is -0.606. The van der Waals surface area contributed by atoms with Crippen molar-refractivity contribution in [3.63, 3.8) is 0 Å². The number of carboxylic acids is 1. The Morgan fingerprint density at radius 1 is 1.25 bits per heavy atom. The minimum absolute atomic E-state index is 0.00428. The molecule has 0 saturated carbocycles. The maximum absolute atomic E-state index is 13.8. The van der Waals surface area contributed by atoms with Gasteiger partial charge in [0.2, 0.25) is 0 Å². The molecule has 0 amide bonds. The number of hydrogen-bond acceptors (Lipinski definition) is 4. The van der Waals surface area contributed by atoms with Gasteiger partial charge in [-0.05, 0) is 6.07 Å². The van der Waals surface area contributed by atoms with Crippen LogP contribution in [0.5, 0.6) is 0 Å². The third kappa shape index (κ3) is 6.44. The lowest BCUT2D eigenvalue weighted by Crippen LogP contribution is -2.44. The first-order chi connectivity index (χ1) is 12.6. The van der Waals surface area contributed by atoms with Crippen molar-refractivity contribution in [2.45, 2.75) is 36.7 Å². The lowest BCUT2D eigenvalue weighted by Gasteiger charge is -2.31. The van der Waals surface area contributed by atoms with E-state index in [1.165, 1.54) is 0 Å². The van der Waals surface area contributed by atoms with Gasteiger partial charge in [0.15, 0.2) is 18.5 Å². The summed E-state index contributed by atoms with van der Waals surface area (Å²) in [4.78, 5) is 8.90. The van der Waals surface area contributed by atoms with Crippen molar-refractivity contribution in [1.29, 1.82) is 0 Å². The predicted molar refractivity (Wildman–Crippen MR) is 75.3 cm³/mol. The first-order valence-corrected chi connectivity index (χ1v) is 7.43. The van der Waals surface area contributed by atoms with Gasteiger partial charge in [0.05, 0.1) is 11.5 Å². The van der Waals surface area contributed by atoms with Crippen LogP contribution < -0.4 is 10.0 Å². The Hall–Kier alpha value is -2.22. The molecule has 2 atom stereocenters. The van der Waals surface area contributed by atoms with Gasteiger partial charge in [0.25, 0.3) is 5.92 Å². The van der Waals surface area contributed by atoms with Crippen molar-refractivity contribution in [2.24, 2.45) is 0 Å². The summed E-state index contributed by atoms with van der Waals surface area (Å²) >= 11 is 0. The van der Waals surface area contributed by atoms with Gasteiger partial charge in [0, 0.05) is 25.1 Å². The Morgan fingerprint density at radius 2 is 1.79 bits per heavy atom. The van der Waals surface area contributed by atoms with Gasteiger partial charge in [0.1, 0.15) is 0 Å². The third-order valence-corrected chi connectivity index (χ3v) is 3.65. The molecular weight excluding hydrogens is 412 g/mol. The van der Waals surface area contributed by atoms with Gasteiger partial charge < -0.3 is 20.7 Å². The molecule has 0 spiro atoms. The molecule has 2 rings (SSSR count). The van der Waals surface area contributed by atoms with Crippen LogP contribution >= 0.6 is 0 Å². The molecule has 14 heteroatoms. The molecule has 0 bridgehead atoms. The molecule has 28 heavy (non-hydrogen) atoms. The average Bonchev–Trinajstić information content (AvgIpc) is 2.51. The third-order valence-electron chi connectivity index (χ3n) is 3.65. The standard InChI is InChI=1S/C12H13F5N2O2.C2HF3O2/c13-11(14)1-2-18-4-9(11)7-3-8(6-19(21)5-7)10(20)12(15,16)17;3-2(4,5)1(6)7/h3,5-6,9-10,18,20H,1-2,4H2;(H,6,7). The minimum atomic E-state index is -5.08. The fourth-order valence-corrected chi connectivity index (χ4v) is 2.31. The van der Waals surface area contributed by atoms with Crippen LogP contribution in [0.1, 0.15) is 29.6 Å². The summed E-state index contributed by atoms with van der Waals surface area (Å²) in [5.74, 6) is -7.29. The molecule has 0 aromatic carbocycles. The van der Waals surface area contributed by atoms with E-state index in [0.717, 1.165) is 12.3 Å². The minimum Gasteiger partial charge on any atom is -0.619 e. The lowest BCUT2D eigenvalue weighted by atomic mass is 9.88. The Bertz CT molecular complexity index is 693. The molecule has 1 aliphatic heterocycles. The van der Waals surface area contributed by atoms with E-state index < -0.39 is 48.3 Å². The molecule has 6 nitrogen and oxygen atoms in total. The Balaban J connectivity index is 0.000000480. The number of pyridine rings is 1. The largest absolute Gasteiger partial charge is 0.619 e. The molecule has 160 valence electrons. The molecule has 1 aliphatic rings. The number of alkyl halides is 8. The number of aliphatic hydroxyl groups is 1. The molecular formula is C14H14F8N2O4. The maximum Gasteiger partial charge on any atom is 0.490 e. The highest BCUT2D eigenvalue weighted by atomic mass is 19.4. The van der Waals surface area contributed by atoms with Gasteiger partial charge in [-0.3, -0.25) is 0 Å². The first-order valence-electron chi connectivity index (χ1n) is 7.43. The molecule has 3 N–H and O–H groups in total. The van der Waals surface area contributed by atoms with Crippen molar-refractivity contribution in [3.05, 3.63) is 34.8 Å². The summed E-state index contributed by atoms with van der Waals surface area (Å²) in [7, 11) is 0. The van der Waals surface area contributed by atoms with Gasteiger partial charge in [-0.25, -0.2) is 13.6 Å². The van der Waals surface area contributed by atoms with E-state index in [1.54, 1.807) is 0 Å². The predicted octanol–water partition coefficient (Wildman–Crippen LogP) is 2.26. The Morgan fingerprint density at radius 3 is 2.21 bits per heavy atom. The van der Waals surface area contributed by atoms with E-state index in [4.69, 9.17) is 15.0 Å². The Labute approximate surface area is 152 Å². The van der Waals surface area contributed by atoms with Crippen LogP contribution in [-0.2, 0) is 4.79 Å². The molecule has 1 fully saturated rings. The van der Waals surface area contributed by atoms with Crippen molar-refractivity contribution in [2.75, 3.05) is 13.1 Å². The van der Waals surface area contributed by atoms with Crippen LogP contribution in [0.15, 0.2) is 18.5 Å². The molecule has 2 unspecified atom stereocenters. The summed E-state index contributed by atoms with van der Waals surface area (Å²) in [6, 6.07) is 0.804. The normalized spacial score (nSPS) is 20.7. The SMILES string of the molecule is O=C(O)C(F)(F)F.[O-][n+]1cc(C(O)C(F)(F)F)cc(C2CNCCC2(F)F)c1. The van der Waals surface area contributed by atoms with Crippen molar-refractivity contribution < 1.29 is 54.9 Å². The van der Waals surface area contributed by atoms with Crippen LogP contribution in [0.3, 0.4) is 0 Å². The summed E-state index contributed by atoms with van der Waals surface area (Å²) < 4.78 is 96.8. The van der Waals surface area contributed by atoms with E-state index in [-0.39, 0.29) is 23.4 Å². The highest BCUT2D eigenvalue weighted by Crippen LogP contribution is 2.39. The number of nitrogens with one attached hydrogen (secondary N) is 1. The first kappa shape index (κ1) is 23.8. The van der Waals surface area contributed by atoms with Crippen LogP contribution in [-0.4, -0.2) is 47.5 Å².